The highest BCUT2D eigenvalue weighted by molar-refractivity contribution is 6.31. The summed E-state index contributed by atoms with van der Waals surface area (Å²) in [6.45, 7) is 3.71. The van der Waals surface area contributed by atoms with E-state index in [1.165, 1.54) is 16.5 Å². The predicted molar refractivity (Wildman–Crippen MR) is 107 cm³/mol. The molecule has 1 saturated heterocycles. The third kappa shape index (κ3) is 3.36. The fraction of sp³-hybridized carbons (Fsp3) is 0.318. The number of aryl methyl sites for hydroxylation is 1. The first-order valence-corrected chi connectivity index (χ1v) is 9.58. The van der Waals surface area contributed by atoms with Crippen LogP contribution in [0, 0.1) is 6.92 Å². The predicted octanol–water partition coefficient (Wildman–Crippen LogP) is 5.08. The first-order chi connectivity index (χ1) is 12.6. The van der Waals surface area contributed by atoms with E-state index in [-0.39, 0.29) is 5.91 Å². The molecular formula is C22H23ClN2O. The molecule has 0 spiro atoms. The maximum absolute atomic E-state index is 12.7. The van der Waals surface area contributed by atoms with Gasteiger partial charge in [0.2, 0.25) is 5.91 Å². The maximum atomic E-state index is 12.7. The van der Waals surface area contributed by atoms with Crippen molar-refractivity contribution in [3.8, 4) is 0 Å². The fourth-order valence-electron chi connectivity index (χ4n) is 3.98. The van der Waals surface area contributed by atoms with Crippen molar-refractivity contribution in [3.63, 3.8) is 0 Å². The zero-order valence-electron chi connectivity index (χ0n) is 15.0. The Hall–Kier alpha value is -2.26. The Morgan fingerprint density at radius 3 is 2.73 bits per heavy atom. The van der Waals surface area contributed by atoms with E-state index in [2.05, 4.69) is 30.2 Å². The zero-order valence-corrected chi connectivity index (χ0v) is 15.7. The second kappa shape index (κ2) is 7.16. The molecule has 2 heterocycles. The van der Waals surface area contributed by atoms with Gasteiger partial charge in [-0.05, 0) is 60.6 Å². The number of hydrogen-bond donors (Lipinski definition) is 1. The molecule has 4 heteroatoms. The number of carbonyl (C=O) groups is 1. The van der Waals surface area contributed by atoms with Gasteiger partial charge >= 0.3 is 0 Å². The minimum absolute atomic E-state index is 0.236. The van der Waals surface area contributed by atoms with Crippen molar-refractivity contribution in [1.29, 1.82) is 0 Å². The van der Waals surface area contributed by atoms with Gasteiger partial charge in [-0.15, -0.1) is 0 Å². The van der Waals surface area contributed by atoms with Gasteiger partial charge in [-0.2, -0.15) is 0 Å². The highest BCUT2D eigenvalue weighted by atomic mass is 35.5. The third-order valence-electron chi connectivity index (χ3n) is 5.57. The number of aromatic nitrogens is 1. The maximum Gasteiger partial charge on any atom is 0.226 e. The van der Waals surface area contributed by atoms with Crippen LogP contribution in [0.4, 0.5) is 0 Å². The number of piperidine rings is 1. The summed E-state index contributed by atoms with van der Waals surface area (Å²) in [5, 5.41) is 1.98. The number of halogens is 1. The Morgan fingerprint density at radius 2 is 1.96 bits per heavy atom. The molecule has 1 N–H and O–H groups in total. The van der Waals surface area contributed by atoms with Crippen molar-refractivity contribution in [2.45, 2.75) is 32.1 Å². The summed E-state index contributed by atoms with van der Waals surface area (Å²) in [6, 6.07) is 14.1. The number of fused-ring (bicyclic) bond motifs is 1. The quantitative estimate of drug-likeness (QED) is 0.689. The largest absolute Gasteiger partial charge is 0.361 e. The molecule has 134 valence electrons. The van der Waals surface area contributed by atoms with Crippen LogP contribution in [-0.2, 0) is 11.2 Å². The van der Waals surface area contributed by atoms with Gasteiger partial charge in [-0.1, -0.05) is 35.9 Å². The molecule has 1 fully saturated rings. The number of rotatable bonds is 3. The lowest BCUT2D eigenvalue weighted by Gasteiger charge is -2.32. The van der Waals surface area contributed by atoms with Crippen LogP contribution in [0.1, 0.15) is 35.4 Å². The first kappa shape index (κ1) is 17.2. The van der Waals surface area contributed by atoms with E-state index in [9.17, 15) is 4.79 Å². The lowest BCUT2D eigenvalue weighted by molar-refractivity contribution is -0.131. The highest BCUT2D eigenvalue weighted by Gasteiger charge is 2.25. The van der Waals surface area contributed by atoms with E-state index in [1.54, 1.807) is 0 Å². The SMILES string of the molecule is Cc1ccccc1CC(=O)N1CCC(c2c[nH]c3ccc(Cl)cc23)CC1. The van der Waals surface area contributed by atoms with Crippen molar-refractivity contribution < 1.29 is 4.79 Å². The molecule has 3 nitrogen and oxygen atoms in total. The van der Waals surface area contributed by atoms with Crippen LogP contribution in [0.15, 0.2) is 48.7 Å². The first-order valence-electron chi connectivity index (χ1n) is 9.20. The van der Waals surface area contributed by atoms with E-state index in [4.69, 9.17) is 11.6 Å². The average Bonchev–Trinajstić information content (AvgIpc) is 3.06. The number of amides is 1. The van der Waals surface area contributed by atoms with E-state index in [0.29, 0.717) is 12.3 Å². The lowest BCUT2D eigenvalue weighted by Crippen LogP contribution is -2.38. The Morgan fingerprint density at radius 1 is 1.19 bits per heavy atom. The van der Waals surface area contributed by atoms with Gasteiger partial charge in [0, 0.05) is 35.2 Å². The van der Waals surface area contributed by atoms with Crippen molar-refractivity contribution in [3.05, 3.63) is 70.4 Å². The number of hydrogen-bond acceptors (Lipinski definition) is 1. The summed E-state index contributed by atoms with van der Waals surface area (Å²) < 4.78 is 0. The minimum atomic E-state index is 0.236. The molecule has 0 aliphatic carbocycles. The Kier molecular flexibility index (Phi) is 4.73. The van der Waals surface area contributed by atoms with Gasteiger partial charge in [0.05, 0.1) is 6.42 Å². The summed E-state index contributed by atoms with van der Waals surface area (Å²) in [5.41, 5.74) is 4.77. The van der Waals surface area contributed by atoms with Crippen LogP contribution in [-0.4, -0.2) is 28.9 Å². The monoisotopic (exact) mass is 366 g/mol. The van der Waals surface area contributed by atoms with E-state index < -0.39 is 0 Å². The number of carbonyl (C=O) groups excluding carboxylic acids is 1. The molecule has 0 radical (unpaired) electrons. The molecule has 0 saturated carbocycles. The fourth-order valence-corrected chi connectivity index (χ4v) is 4.15. The Labute approximate surface area is 159 Å². The normalized spacial score (nSPS) is 15.5. The summed E-state index contributed by atoms with van der Waals surface area (Å²) in [6.07, 6.45) is 4.61. The van der Waals surface area contributed by atoms with Crippen LogP contribution < -0.4 is 0 Å². The molecular weight excluding hydrogens is 344 g/mol. The molecule has 4 rings (SSSR count). The minimum Gasteiger partial charge on any atom is -0.361 e. The standard InChI is InChI=1S/C22H23ClN2O/c1-15-4-2-3-5-17(15)12-22(26)25-10-8-16(9-11-25)20-14-24-21-7-6-18(23)13-19(20)21/h2-7,13-14,16,24H,8-12H2,1H3. The summed E-state index contributed by atoms with van der Waals surface area (Å²) in [4.78, 5) is 18.0. The Balaban J connectivity index is 1.43. The van der Waals surface area contributed by atoms with Crippen molar-refractivity contribution in [2.24, 2.45) is 0 Å². The number of aromatic amines is 1. The molecule has 3 aromatic rings. The van der Waals surface area contributed by atoms with Crippen LogP contribution in [0.5, 0.6) is 0 Å². The number of benzene rings is 2. The van der Waals surface area contributed by atoms with Gasteiger partial charge in [-0.3, -0.25) is 4.79 Å². The van der Waals surface area contributed by atoms with Crippen molar-refractivity contribution in [2.75, 3.05) is 13.1 Å². The Bertz CT molecular complexity index is 938. The average molecular weight is 367 g/mol. The molecule has 26 heavy (non-hydrogen) atoms. The zero-order chi connectivity index (χ0) is 18.1. The topological polar surface area (TPSA) is 36.1 Å². The second-order valence-electron chi connectivity index (χ2n) is 7.19. The van der Waals surface area contributed by atoms with Gasteiger partial charge < -0.3 is 9.88 Å². The number of nitrogens with zero attached hydrogens (tertiary/aromatic N) is 1. The molecule has 0 bridgehead atoms. The summed E-state index contributed by atoms with van der Waals surface area (Å²) in [7, 11) is 0. The summed E-state index contributed by atoms with van der Waals surface area (Å²) >= 11 is 6.17. The third-order valence-corrected chi connectivity index (χ3v) is 5.80. The van der Waals surface area contributed by atoms with Crippen LogP contribution >= 0.6 is 11.6 Å². The van der Waals surface area contributed by atoms with E-state index in [1.807, 2.05) is 35.2 Å². The molecule has 0 unspecified atom stereocenters. The number of nitrogens with one attached hydrogen (secondary N) is 1. The smallest absolute Gasteiger partial charge is 0.226 e. The number of H-pyrrole nitrogens is 1. The van der Waals surface area contributed by atoms with Crippen molar-refractivity contribution >= 4 is 28.4 Å². The second-order valence-corrected chi connectivity index (χ2v) is 7.63. The number of likely N-dealkylation sites (tertiary alicyclic amines) is 1. The molecule has 1 aliphatic rings. The molecule has 1 amide bonds. The van der Waals surface area contributed by atoms with Gasteiger partial charge in [0.15, 0.2) is 0 Å². The van der Waals surface area contributed by atoms with Crippen LogP contribution in [0.2, 0.25) is 5.02 Å². The molecule has 1 aliphatic heterocycles. The van der Waals surface area contributed by atoms with Crippen molar-refractivity contribution in [1.82, 2.24) is 9.88 Å². The molecule has 0 atom stereocenters. The van der Waals surface area contributed by atoms with Crippen LogP contribution in [0.25, 0.3) is 10.9 Å². The lowest BCUT2D eigenvalue weighted by atomic mass is 9.89. The van der Waals surface area contributed by atoms with E-state index in [0.717, 1.165) is 42.0 Å². The van der Waals surface area contributed by atoms with Gasteiger partial charge in [0.25, 0.3) is 0 Å². The highest BCUT2D eigenvalue weighted by Crippen LogP contribution is 2.34. The van der Waals surface area contributed by atoms with E-state index >= 15 is 0 Å². The molecule has 2 aromatic carbocycles. The summed E-state index contributed by atoms with van der Waals surface area (Å²) in [5.74, 6) is 0.712. The van der Waals surface area contributed by atoms with Crippen LogP contribution in [0.3, 0.4) is 0 Å². The van der Waals surface area contributed by atoms with Gasteiger partial charge in [-0.25, -0.2) is 0 Å². The molecule has 1 aromatic heterocycles. The van der Waals surface area contributed by atoms with Gasteiger partial charge in [0.1, 0.15) is 0 Å².